The van der Waals surface area contributed by atoms with Gasteiger partial charge in [-0.25, -0.2) is 0 Å². The molecule has 71 heavy (non-hydrogen) atoms. The third-order valence-electron chi connectivity index (χ3n) is 15.0. The van der Waals surface area contributed by atoms with Crippen LogP contribution in [0.4, 0.5) is 0 Å². The number of carbonyl (C=O) groups excluding carboxylic acids is 2. The topological polar surface area (TPSA) is 95.9 Å². The van der Waals surface area contributed by atoms with E-state index in [4.69, 9.17) is 4.74 Å². The molecule has 0 radical (unpaired) electrons. The van der Waals surface area contributed by atoms with Gasteiger partial charge in [-0.2, -0.15) is 0 Å². The van der Waals surface area contributed by atoms with Crippen LogP contribution in [0.1, 0.15) is 354 Å². The number of ether oxygens (including phenoxy) is 1. The van der Waals surface area contributed by atoms with Gasteiger partial charge in [0.25, 0.3) is 0 Å². The molecule has 0 rings (SSSR count). The first-order chi connectivity index (χ1) is 35.0. The van der Waals surface area contributed by atoms with Crippen LogP contribution in [0.15, 0.2) is 24.3 Å². The summed E-state index contributed by atoms with van der Waals surface area (Å²) in [4.78, 5) is 24.6. The van der Waals surface area contributed by atoms with Crippen molar-refractivity contribution in [1.29, 1.82) is 0 Å². The van der Waals surface area contributed by atoms with E-state index in [9.17, 15) is 19.8 Å². The van der Waals surface area contributed by atoms with Crippen molar-refractivity contribution in [1.82, 2.24) is 5.32 Å². The highest BCUT2D eigenvalue weighted by atomic mass is 16.5. The number of esters is 1. The first-order valence-electron chi connectivity index (χ1n) is 32.1. The summed E-state index contributed by atoms with van der Waals surface area (Å²) in [5.74, 6) is -0.0328. The van der Waals surface area contributed by atoms with Gasteiger partial charge in [0.15, 0.2) is 0 Å². The zero-order chi connectivity index (χ0) is 51.4. The van der Waals surface area contributed by atoms with E-state index in [1.54, 1.807) is 0 Å². The molecule has 0 aliphatic carbocycles. The Labute approximate surface area is 443 Å². The van der Waals surface area contributed by atoms with E-state index in [1.165, 1.54) is 276 Å². The molecule has 3 N–H and O–H groups in total. The molecule has 0 aromatic heterocycles. The standard InChI is InChI=1S/C65H125NO5/c1-3-5-7-9-11-13-15-17-19-20-24-28-31-35-39-43-47-51-55-59-65(70)71-60-56-52-48-44-40-36-32-29-26-23-21-22-25-27-30-34-38-42-46-50-54-58-64(69)66-62(61-67)63(68)57-53-49-45-41-37-33-18-16-14-12-10-8-6-4-2/h17,19,22,25,62-63,67-68H,3-16,18,20-21,23-24,26-61H2,1-2H3,(H,66,69)/b19-17-,25-22-. The zero-order valence-corrected chi connectivity index (χ0v) is 48.0. The van der Waals surface area contributed by atoms with Crippen LogP contribution in [-0.4, -0.2) is 47.4 Å². The highest BCUT2D eigenvalue weighted by Crippen LogP contribution is 2.18. The molecular formula is C65H125NO5. The average Bonchev–Trinajstić information content (AvgIpc) is 3.37. The molecule has 420 valence electrons. The van der Waals surface area contributed by atoms with Gasteiger partial charge in [0.1, 0.15) is 0 Å². The molecule has 6 nitrogen and oxygen atoms in total. The largest absolute Gasteiger partial charge is 0.466 e. The summed E-state index contributed by atoms with van der Waals surface area (Å²) >= 11 is 0. The molecular weight excluding hydrogens is 875 g/mol. The Morgan fingerprint density at radius 1 is 0.380 bits per heavy atom. The number of aliphatic hydroxyl groups is 2. The molecule has 0 fully saturated rings. The Morgan fingerprint density at radius 3 is 1.00 bits per heavy atom. The average molecular weight is 1000 g/mol. The summed E-state index contributed by atoms with van der Waals surface area (Å²) in [7, 11) is 0. The van der Waals surface area contributed by atoms with Gasteiger partial charge in [-0.05, 0) is 77.0 Å². The van der Waals surface area contributed by atoms with Crippen molar-refractivity contribution in [2.24, 2.45) is 0 Å². The smallest absolute Gasteiger partial charge is 0.305 e. The Kier molecular flexibility index (Phi) is 59.5. The Morgan fingerprint density at radius 2 is 0.662 bits per heavy atom. The molecule has 6 heteroatoms. The molecule has 0 aliphatic rings. The molecule has 0 aromatic rings. The van der Waals surface area contributed by atoms with Crippen LogP contribution in [0.25, 0.3) is 0 Å². The number of amides is 1. The predicted octanol–water partition coefficient (Wildman–Crippen LogP) is 20.2. The van der Waals surface area contributed by atoms with E-state index >= 15 is 0 Å². The van der Waals surface area contributed by atoms with Crippen molar-refractivity contribution in [2.45, 2.75) is 366 Å². The van der Waals surface area contributed by atoms with E-state index in [0.717, 1.165) is 44.9 Å². The number of hydrogen-bond donors (Lipinski definition) is 3. The lowest BCUT2D eigenvalue weighted by molar-refractivity contribution is -0.143. The molecule has 0 aromatic carbocycles. The lowest BCUT2D eigenvalue weighted by Gasteiger charge is -2.22. The fraction of sp³-hybridized carbons (Fsp3) is 0.908. The van der Waals surface area contributed by atoms with Gasteiger partial charge in [0.05, 0.1) is 25.4 Å². The van der Waals surface area contributed by atoms with Gasteiger partial charge in [-0.3, -0.25) is 9.59 Å². The summed E-state index contributed by atoms with van der Waals surface area (Å²) < 4.78 is 5.50. The zero-order valence-electron chi connectivity index (χ0n) is 48.0. The maximum atomic E-state index is 12.5. The van der Waals surface area contributed by atoms with Crippen LogP contribution in [-0.2, 0) is 14.3 Å². The molecule has 2 unspecified atom stereocenters. The van der Waals surface area contributed by atoms with Crippen LogP contribution in [0.3, 0.4) is 0 Å². The predicted molar refractivity (Wildman–Crippen MR) is 310 cm³/mol. The van der Waals surface area contributed by atoms with Crippen molar-refractivity contribution >= 4 is 11.9 Å². The minimum atomic E-state index is -0.669. The van der Waals surface area contributed by atoms with E-state index in [0.29, 0.717) is 25.9 Å². The molecule has 1 amide bonds. The van der Waals surface area contributed by atoms with Gasteiger partial charge in [-0.1, -0.05) is 289 Å². The van der Waals surface area contributed by atoms with Crippen LogP contribution < -0.4 is 5.32 Å². The maximum Gasteiger partial charge on any atom is 0.305 e. The monoisotopic (exact) mass is 1000 g/mol. The number of nitrogens with one attached hydrogen (secondary N) is 1. The second kappa shape index (κ2) is 60.9. The summed E-state index contributed by atoms with van der Waals surface area (Å²) in [6, 6.07) is -0.547. The Hall–Kier alpha value is -1.66. The lowest BCUT2D eigenvalue weighted by atomic mass is 10.0. The second-order valence-electron chi connectivity index (χ2n) is 22.1. The third kappa shape index (κ3) is 57.5. The van der Waals surface area contributed by atoms with Crippen molar-refractivity contribution in [3.05, 3.63) is 24.3 Å². The first kappa shape index (κ1) is 69.3. The van der Waals surface area contributed by atoms with Crippen LogP contribution >= 0.6 is 0 Å². The minimum absolute atomic E-state index is 0.00832. The molecule has 0 heterocycles. The molecule has 0 bridgehead atoms. The number of unbranched alkanes of at least 4 members (excludes halogenated alkanes) is 45. The van der Waals surface area contributed by atoms with Crippen LogP contribution in [0.5, 0.6) is 0 Å². The molecule has 0 spiro atoms. The number of rotatable bonds is 60. The Balaban J connectivity index is 3.40. The van der Waals surface area contributed by atoms with Gasteiger partial charge < -0.3 is 20.3 Å². The van der Waals surface area contributed by atoms with Crippen LogP contribution in [0, 0.1) is 0 Å². The Bertz CT molecular complexity index is 1110. The third-order valence-corrected chi connectivity index (χ3v) is 15.0. The normalized spacial score (nSPS) is 12.7. The summed E-state index contributed by atoms with van der Waals surface area (Å²) in [5.41, 5.74) is 0. The van der Waals surface area contributed by atoms with Gasteiger partial charge in [-0.15, -0.1) is 0 Å². The van der Waals surface area contributed by atoms with Gasteiger partial charge in [0, 0.05) is 12.8 Å². The highest BCUT2D eigenvalue weighted by molar-refractivity contribution is 5.76. The van der Waals surface area contributed by atoms with E-state index < -0.39 is 12.1 Å². The number of aliphatic hydroxyl groups excluding tert-OH is 2. The second-order valence-corrected chi connectivity index (χ2v) is 22.1. The fourth-order valence-corrected chi connectivity index (χ4v) is 10.0. The van der Waals surface area contributed by atoms with Crippen molar-refractivity contribution in [2.75, 3.05) is 13.2 Å². The van der Waals surface area contributed by atoms with Gasteiger partial charge >= 0.3 is 5.97 Å². The van der Waals surface area contributed by atoms with E-state index in [2.05, 4.69) is 43.5 Å². The van der Waals surface area contributed by atoms with E-state index in [-0.39, 0.29) is 18.5 Å². The molecule has 0 saturated heterocycles. The first-order valence-corrected chi connectivity index (χ1v) is 32.1. The van der Waals surface area contributed by atoms with Crippen molar-refractivity contribution in [3.63, 3.8) is 0 Å². The quantitative estimate of drug-likeness (QED) is 0.0320. The number of hydrogen-bond acceptors (Lipinski definition) is 5. The summed E-state index contributed by atoms with van der Waals surface area (Å²) in [6.07, 6.45) is 74.8. The molecule has 0 aliphatic heterocycles. The molecule has 0 saturated carbocycles. The van der Waals surface area contributed by atoms with Crippen LogP contribution in [0.2, 0.25) is 0 Å². The highest BCUT2D eigenvalue weighted by Gasteiger charge is 2.20. The van der Waals surface area contributed by atoms with Crippen molar-refractivity contribution in [3.8, 4) is 0 Å². The van der Waals surface area contributed by atoms with Crippen molar-refractivity contribution < 1.29 is 24.5 Å². The fourth-order valence-electron chi connectivity index (χ4n) is 10.0. The van der Waals surface area contributed by atoms with Gasteiger partial charge in [0.2, 0.25) is 5.91 Å². The summed E-state index contributed by atoms with van der Waals surface area (Å²) in [6.45, 7) is 4.96. The maximum absolute atomic E-state index is 12.5. The SMILES string of the molecule is CCCCCCCC/C=C\CCCCCCCCCCCC(=O)OCCCCCCCCCCCC/C=C\CCCCCCCCCC(=O)NC(CO)C(O)CCCCCCCCCCCCCCCC. The van der Waals surface area contributed by atoms with E-state index in [1.807, 2.05) is 0 Å². The number of allylic oxidation sites excluding steroid dienone is 4. The molecule has 2 atom stereocenters. The number of carbonyl (C=O) groups is 2. The lowest BCUT2D eigenvalue weighted by Crippen LogP contribution is -2.45. The minimum Gasteiger partial charge on any atom is -0.466 e. The summed E-state index contributed by atoms with van der Waals surface area (Å²) in [5, 5.41) is 23.3.